The van der Waals surface area contributed by atoms with Crippen molar-refractivity contribution in [1.29, 1.82) is 0 Å². The maximum atomic E-state index is 12.5. The monoisotopic (exact) mass is 328 g/mol. The number of hydrogen-bond donors (Lipinski definition) is 2. The Labute approximate surface area is 138 Å². The Kier molecular flexibility index (Phi) is 3.03. The summed E-state index contributed by atoms with van der Waals surface area (Å²) in [6, 6.07) is 7.37. The topological polar surface area (TPSA) is 62.7 Å². The van der Waals surface area contributed by atoms with E-state index in [1.807, 2.05) is 43.7 Å². The van der Waals surface area contributed by atoms with Gasteiger partial charge in [-0.05, 0) is 43.2 Å². The molecule has 3 aromatic rings. The van der Waals surface area contributed by atoms with Crippen LogP contribution in [0, 0.1) is 0 Å². The van der Waals surface area contributed by atoms with Crippen LogP contribution in [0.15, 0.2) is 36.7 Å². The van der Waals surface area contributed by atoms with Crippen LogP contribution < -0.4 is 5.32 Å². The number of rotatable bonds is 3. The number of fused-ring (bicyclic) bond motifs is 1. The third-order valence-corrected chi connectivity index (χ3v) is 4.83. The zero-order valence-electron chi connectivity index (χ0n) is 12.9. The molecule has 0 bridgehead atoms. The van der Waals surface area contributed by atoms with Gasteiger partial charge in [0, 0.05) is 40.6 Å². The highest BCUT2D eigenvalue weighted by molar-refractivity contribution is 6.31. The zero-order valence-corrected chi connectivity index (χ0v) is 13.7. The standard InChI is InChI=1S/C17H17ClN4O/c1-17(7-13(17)11-8-19-22(2)9-11)21-16(23)15-6-10-5-12(18)3-4-14(10)20-15/h3-6,8-9,13,20H,7H2,1-2H3,(H,21,23)/t13?,17-/m0/s1. The molecule has 23 heavy (non-hydrogen) atoms. The molecule has 1 aliphatic rings. The average Bonchev–Trinajstić information content (AvgIpc) is 2.88. The van der Waals surface area contributed by atoms with E-state index in [2.05, 4.69) is 22.3 Å². The lowest BCUT2D eigenvalue weighted by atomic mass is 10.1. The van der Waals surface area contributed by atoms with Crippen molar-refractivity contribution in [2.75, 3.05) is 0 Å². The number of nitrogens with one attached hydrogen (secondary N) is 2. The molecule has 1 saturated carbocycles. The molecule has 0 spiro atoms. The lowest BCUT2D eigenvalue weighted by Crippen LogP contribution is -2.35. The molecule has 2 atom stereocenters. The van der Waals surface area contributed by atoms with Crippen LogP contribution in [0.2, 0.25) is 5.02 Å². The van der Waals surface area contributed by atoms with E-state index >= 15 is 0 Å². The molecular formula is C17H17ClN4O. The second-order valence-corrected chi connectivity index (χ2v) is 6.93. The number of carbonyl (C=O) groups excluding carboxylic acids is 1. The highest BCUT2D eigenvalue weighted by Gasteiger charge is 2.52. The molecule has 1 fully saturated rings. The van der Waals surface area contributed by atoms with Gasteiger partial charge in [-0.2, -0.15) is 5.10 Å². The van der Waals surface area contributed by atoms with E-state index in [1.165, 1.54) is 5.56 Å². The van der Waals surface area contributed by atoms with Crippen LogP contribution in [0.25, 0.3) is 10.9 Å². The fraction of sp³-hybridized carbons (Fsp3) is 0.294. The van der Waals surface area contributed by atoms with Gasteiger partial charge in [-0.15, -0.1) is 0 Å². The van der Waals surface area contributed by atoms with Gasteiger partial charge < -0.3 is 10.3 Å². The molecule has 2 heterocycles. The second-order valence-electron chi connectivity index (χ2n) is 6.49. The van der Waals surface area contributed by atoms with Gasteiger partial charge in [0.2, 0.25) is 0 Å². The number of hydrogen-bond acceptors (Lipinski definition) is 2. The van der Waals surface area contributed by atoms with Crippen molar-refractivity contribution in [3.8, 4) is 0 Å². The molecule has 6 heteroatoms. The van der Waals surface area contributed by atoms with Crippen molar-refractivity contribution in [3.63, 3.8) is 0 Å². The summed E-state index contributed by atoms with van der Waals surface area (Å²) < 4.78 is 1.79. The molecule has 4 rings (SSSR count). The summed E-state index contributed by atoms with van der Waals surface area (Å²) in [5.74, 6) is 0.227. The Morgan fingerprint density at radius 1 is 1.48 bits per heavy atom. The van der Waals surface area contributed by atoms with Crippen molar-refractivity contribution in [2.45, 2.75) is 24.8 Å². The summed E-state index contributed by atoms with van der Waals surface area (Å²) in [6.45, 7) is 2.07. The van der Waals surface area contributed by atoms with E-state index in [-0.39, 0.29) is 11.4 Å². The number of nitrogens with zero attached hydrogens (tertiary/aromatic N) is 2. The average molecular weight is 329 g/mol. The summed E-state index contributed by atoms with van der Waals surface area (Å²) in [5, 5.41) is 8.94. The Balaban J connectivity index is 1.53. The lowest BCUT2D eigenvalue weighted by molar-refractivity contribution is 0.0930. The minimum absolute atomic E-state index is 0.0915. The maximum Gasteiger partial charge on any atom is 0.268 e. The predicted molar refractivity (Wildman–Crippen MR) is 89.7 cm³/mol. The van der Waals surface area contributed by atoms with Crippen LogP contribution in [0.5, 0.6) is 0 Å². The Hall–Kier alpha value is -2.27. The normalized spacial score (nSPS) is 23.2. The van der Waals surface area contributed by atoms with Crippen LogP contribution in [-0.4, -0.2) is 26.2 Å². The Morgan fingerprint density at radius 3 is 3.04 bits per heavy atom. The van der Waals surface area contributed by atoms with Gasteiger partial charge in [0.25, 0.3) is 5.91 Å². The minimum atomic E-state index is -0.213. The number of carbonyl (C=O) groups is 1. The quantitative estimate of drug-likeness (QED) is 0.775. The molecular weight excluding hydrogens is 312 g/mol. The Morgan fingerprint density at radius 2 is 2.30 bits per heavy atom. The van der Waals surface area contributed by atoms with Crippen molar-refractivity contribution in [1.82, 2.24) is 20.1 Å². The SMILES string of the molecule is Cn1cc(C2C[C@]2(C)NC(=O)c2cc3cc(Cl)ccc3[nH]2)cn1. The first-order valence-electron chi connectivity index (χ1n) is 7.54. The van der Waals surface area contributed by atoms with Crippen molar-refractivity contribution in [2.24, 2.45) is 7.05 Å². The largest absolute Gasteiger partial charge is 0.351 e. The lowest BCUT2D eigenvalue weighted by Gasteiger charge is -2.12. The minimum Gasteiger partial charge on any atom is -0.351 e. The van der Waals surface area contributed by atoms with E-state index in [1.54, 1.807) is 4.68 Å². The number of H-pyrrole nitrogens is 1. The third-order valence-electron chi connectivity index (χ3n) is 4.59. The third kappa shape index (κ3) is 2.51. The van der Waals surface area contributed by atoms with Gasteiger partial charge in [0.1, 0.15) is 5.69 Å². The van der Waals surface area contributed by atoms with Crippen molar-refractivity contribution in [3.05, 3.63) is 52.9 Å². The maximum absolute atomic E-state index is 12.5. The van der Waals surface area contributed by atoms with Gasteiger partial charge in [-0.3, -0.25) is 9.48 Å². The molecule has 1 amide bonds. The number of aryl methyl sites for hydroxylation is 1. The van der Waals surface area contributed by atoms with Gasteiger partial charge >= 0.3 is 0 Å². The Bertz CT molecular complexity index is 912. The molecule has 1 aliphatic carbocycles. The molecule has 1 aromatic carbocycles. The van der Waals surface area contributed by atoms with Crippen LogP contribution in [-0.2, 0) is 7.05 Å². The van der Waals surface area contributed by atoms with Gasteiger partial charge in [0.05, 0.1) is 6.20 Å². The van der Waals surface area contributed by atoms with Crippen LogP contribution >= 0.6 is 11.6 Å². The van der Waals surface area contributed by atoms with Crippen LogP contribution in [0.4, 0.5) is 0 Å². The molecule has 5 nitrogen and oxygen atoms in total. The fourth-order valence-electron chi connectivity index (χ4n) is 3.16. The van der Waals surface area contributed by atoms with Gasteiger partial charge in [-0.25, -0.2) is 0 Å². The smallest absolute Gasteiger partial charge is 0.268 e. The molecule has 2 aromatic heterocycles. The van der Waals surface area contributed by atoms with Crippen LogP contribution in [0.1, 0.15) is 35.3 Å². The van der Waals surface area contributed by atoms with Gasteiger partial charge in [0.15, 0.2) is 0 Å². The van der Waals surface area contributed by atoms with Crippen LogP contribution in [0.3, 0.4) is 0 Å². The van der Waals surface area contributed by atoms with E-state index in [0.717, 1.165) is 17.3 Å². The first-order valence-corrected chi connectivity index (χ1v) is 7.92. The molecule has 2 N–H and O–H groups in total. The molecule has 118 valence electrons. The summed E-state index contributed by atoms with van der Waals surface area (Å²) in [6.07, 6.45) is 4.80. The highest BCUT2D eigenvalue weighted by Crippen LogP contribution is 2.51. The van der Waals surface area contributed by atoms with Crippen molar-refractivity contribution >= 4 is 28.4 Å². The fourth-order valence-corrected chi connectivity index (χ4v) is 3.34. The van der Waals surface area contributed by atoms with E-state index in [0.29, 0.717) is 16.6 Å². The summed E-state index contributed by atoms with van der Waals surface area (Å²) in [7, 11) is 1.90. The van der Waals surface area contributed by atoms with Crippen molar-refractivity contribution < 1.29 is 4.79 Å². The summed E-state index contributed by atoms with van der Waals surface area (Å²) in [4.78, 5) is 15.7. The van der Waals surface area contributed by atoms with E-state index in [4.69, 9.17) is 11.6 Å². The molecule has 0 aliphatic heterocycles. The number of aromatic nitrogens is 3. The second kappa shape index (κ2) is 4.86. The first kappa shape index (κ1) is 14.3. The predicted octanol–water partition coefficient (Wildman–Crippen LogP) is 3.23. The van der Waals surface area contributed by atoms with E-state index < -0.39 is 0 Å². The first-order chi connectivity index (χ1) is 10.9. The summed E-state index contributed by atoms with van der Waals surface area (Å²) in [5.41, 5.74) is 2.41. The number of halogens is 1. The van der Waals surface area contributed by atoms with E-state index in [9.17, 15) is 4.79 Å². The zero-order chi connectivity index (χ0) is 16.2. The van der Waals surface area contributed by atoms with Gasteiger partial charge in [-0.1, -0.05) is 11.6 Å². The summed E-state index contributed by atoms with van der Waals surface area (Å²) >= 11 is 5.99. The molecule has 0 saturated heterocycles. The molecule has 0 radical (unpaired) electrons. The number of aromatic amines is 1. The highest BCUT2D eigenvalue weighted by atomic mass is 35.5. The number of amides is 1. The number of benzene rings is 1. The molecule has 1 unspecified atom stereocenters.